The zero-order chi connectivity index (χ0) is 53.0. The van der Waals surface area contributed by atoms with E-state index in [0.717, 1.165) is 0 Å². The maximum Gasteiger partial charge on any atom is 0.136 e. The number of rotatable bonds is 2. The molecule has 1 atom stereocenters. The van der Waals surface area contributed by atoms with Crippen molar-refractivity contribution < 1.29 is 40.1 Å². The number of hydrogen-bond acceptors (Lipinski definition) is 1. The van der Waals surface area contributed by atoms with Gasteiger partial charge in [0.25, 0.3) is 0 Å². The van der Waals surface area contributed by atoms with Crippen LogP contribution in [0, 0.1) is 0 Å². The molecule has 10 rings (SSSR count). The first kappa shape index (κ1) is 11.0. The monoisotopic (exact) mass is 612 g/mol. The molecule has 216 valence electrons. The fourth-order valence-corrected chi connectivity index (χ4v) is 6.35. The lowest BCUT2D eigenvalue weighted by Gasteiger charge is -2.23. The van der Waals surface area contributed by atoms with E-state index in [1.807, 2.05) is 0 Å². The van der Waals surface area contributed by atoms with Gasteiger partial charge in [-0.1, -0.05) is 135 Å². The molecule has 1 aliphatic rings. The van der Waals surface area contributed by atoms with Gasteiger partial charge in [-0.25, -0.2) is 0 Å². The Morgan fingerprint density at radius 1 is 0.500 bits per heavy atom. The second-order valence-electron chi connectivity index (χ2n) is 11.0. The van der Waals surface area contributed by atoms with Gasteiger partial charge in [-0.05, 0) is 101 Å². The average Bonchev–Trinajstić information content (AvgIpc) is 3.88. The Hall–Kier alpha value is -5.66. The lowest BCUT2D eigenvalue weighted by molar-refractivity contribution is 0.660. The minimum Gasteiger partial charge on any atom is -0.456 e. The van der Waals surface area contributed by atoms with Crippen LogP contribution in [0.1, 0.15) is 60.6 Å². The smallest absolute Gasteiger partial charge is 0.136 e. The summed E-state index contributed by atoms with van der Waals surface area (Å²) in [6.07, 6.45) is 0. The van der Waals surface area contributed by atoms with Crippen molar-refractivity contribution in [3.05, 3.63) is 156 Å². The molecule has 46 heavy (non-hydrogen) atoms. The fraction of sp³-hybridized carbons (Fsp3) is 0.0667. The highest BCUT2D eigenvalue weighted by Crippen LogP contribution is 2.52. The summed E-state index contributed by atoms with van der Waals surface area (Å²) in [5.74, 6) is 0. The summed E-state index contributed by atoms with van der Waals surface area (Å²) in [5, 5.41) is -4.73. The average molecular weight is 613 g/mol. The van der Waals surface area contributed by atoms with Crippen molar-refractivity contribution in [2.75, 3.05) is 0 Å². The molecule has 8 aromatic carbocycles. The highest BCUT2D eigenvalue weighted by molar-refractivity contribution is 6.26. The van der Waals surface area contributed by atoms with Crippen LogP contribution < -0.4 is 0 Å². The molecule has 1 nitrogen and oxygen atoms in total. The van der Waals surface area contributed by atoms with Gasteiger partial charge in [0.05, 0.1) is 32.9 Å². The first-order valence-corrected chi connectivity index (χ1v) is 13.9. The highest BCUT2D eigenvalue weighted by atomic mass is 16.3. The largest absolute Gasteiger partial charge is 0.456 e. The van der Waals surface area contributed by atoms with E-state index in [1.54, 1.807) is 0 Å². The summed E-state index contributed by atoms with van der Waals surface area (Å²) in [5.41, 5.74) is -7.70. The van der Waals surface area contributed by atoms with Crippen LogP contribution in [0.25, 0.3) is 87.6 Å². The minimum atomic E-state index is -2.19. The Morgan fingerprint density at radius 3 is 1.85 bits per heavy atom. The van der Waals surface area contributed by atoms with Crippen LogP contribution in [0.15, 0.2) is 149 Å². The van der Waals surface area contributed by atoms with Crippen molar-refractivity contribution in [1.29, 1.82) is 0 Å². The number of furan rings is 1. The van der Waals surface area contributed by atoms with Gasteiger partial charge in [0.15, 0.2) is 0 Å². The maximum atomic E-state index is 9.97. The Kier molecular flexibility index (Phi) is 2.20. The molecule has 0 fully saturated rings. The molecular formula is C45H30O. The molecule has 9 aromatic rings. The Bertz CT molecular complexity index is 4060. The van der Waals surface area contributed by atoms with Gasteiger partial charge < -0.3 is 4.42 Å². The molecule has 0 N–H and O–H groups in total. The lowest BCUT2D eigenvalue weighted by Crippen LogP contribution is -2.14. The van der Waals surface area contributed by atoms with Gasteiger partial charge in [-0.15, -0.1) is 0 Å². The Balaban J connectivity index is 1.53. The molecule has 0 amide bonds. The van der Waals surface area contributed by atoms with E-state index < -0.39 is 245 Å². The first-order valence-electron chi connectivity index (χ1n) is 27.1. The van der Waals surface area contributed by atoms with E-state index >= 15 is 0 Å². The first-order chi connectivity index (χ1) is 33.5. The van der Waals surface area contributed by atoms with E-state index in [0.29, 0.717) is 0 Å². The molecule has 0 spiro atoms. The summed E-state index contributed by atoms with van der Waals surface area (Å²) in [4.78, 5) is 0. The quantitative estimate of drug-likeness (QED) is 0.177. The number of benzene rings is 8. The van der Waals surface area contributed by atoms with Crippen LogP contribution in [0.5, 0.6) is 0 Å². The second-order valence-corrected chi connectivity index (χ2v) is 11.0. The summed E-state index contributed by atoms with van der Waals surface area (Å²) < 4.78 is 242. The van der Waals surface area contributed by atoms with Crippen molar-refractivity contribution in [3.63, 3.8) is 0 Å². The normalized spacial score (nSPS) is 23.7. The van der Waals surface area contributed by atoms with Crippen molar-refractivity contribution in [3.8, 4) is 33.4 Å². The summed E-state index contributed by atoms with van der Waals surface area (Å²) in [6.45, 7) is -0.867. The molecule has 1 heterocycles. The van der Waals surface area contributed by atoms with Gasteiger partial charge in [-0.3, -0.25) is 0 Å². The van der Waals surface area contributed by atoms with Crippen LogP contribution >= 0.6 is 0 Å². The SMILES string of the molecule is [2H]c1c([2H])c([2H])c2c(c1[2H])-c1c([2H])c([2H])c(-c3c4c([2H])c([2H])c([2H])c([2H])c4c(-c4c([2H])c([2H])c([2H])c5oc6c([2H])c7c([2H])c([2H])c([2H])c([2H])c7c([2H])c6c45)c4c([2H])c([2H])c([2H])c([2H])c34)c([2H])c1C2(C)C([2H])[2H]. The minimum absolute atomic E-state index is 0.345. The molecule has 0 saturated heterocycles. The van der Waals surface area contributed by atoms with Crippen LogP contribution in [0.3, 0.4) is 0 Å². The van der Waals surface area contributed by atoms with Gasteiger partial charge in [0, 0.05) is 18.9 Å². The van der Waals surface area contributed by atoms with Gasteiger partial charge in [0.2, 0.25) is 0 Å². The van der Waals surface area contributed by atoms with Gasteiger partial charge in [-0.2, -0.15) is 0 Å². The van der Waals surface area contributed by atoms with Gasteiger partial charge >= 0.3 is 0 Å². The summed E-state index contributed by atoms with van der Waals surface area (Å²) in [7, 11) is 0. The maximum absolute atomic E-state index is 9.97. The number of hydrogen-bond donors (Lipinski definition) is 0. The standard InChI is InChI=1S/C45H30O/c1-45(2)38-20-10-9-14-30(38)31-23-22-29(25-39(31)45)42-32-15-5-7-17-34(32)43(35-18-8-6-16-33(35)42)36-19-11-21-40-44(36)37-24-27-12-3-4-13-28(27)26-41(37)46-40/h3-26H,1-2H3/i1D2,3D,4D,5D,6D,7D,8D,9D,10D,11D,12D,13D,14D,15D,16D,17D,18D,19D,20D,21D,22D,23D,24D,25D,26D. The van der Waals surface area contributed by atoms with Gasteiger partial charge in [0.1, 0.15) is 11.2 Å². The summed E-state index contributed by atoms with van der Waals surface area (Å²) in [6, 6.07) is -20.5. The second kappa shape index (κ2) is 9.19. The lowest BCUT2D eigenvalue weighted by atomic mass is 9.80. The van der Waals surface area contributed by atoms with Crippen LogP contribution in [0.4, 0.5) is 0 Å². The molecule has 0 bridgehead atoms. The molecule has 0 saturated carbocycles. The van der Waals surface area contributed by atoms with Crippen LogP contribution in [-0.2, 0) is 5.41 Å². The third-order valence-electron chi connectivity index (χ3n) is 8.36. The zero-order valence-corrected chi connectivity index (χ0v) is 23.5. The molecule has 1 aromatic heterocycles. The highest BCUT2D eigenvalue weighted by Gasteiger charge is 2.35. The summed E-state index contributed by atoms with van der Waals surface area (Å²) >= 11 is 0. The van der Waals surface area contributed by atoms with Crippen molar-refractivity contribution >= 4 is 54.3 Å². The van der Waals surface area contributed by atoms with Crippen molar-refractivity contribution in [2.24, 2.45) is 0 Å². The molecular weight excluding hydrogens is 556 g/mol. The molecule has 1 heteroatoms. The Morgan fingerprint density at radius 2 is 1.11 bits per heavy atom. The van der Waals surface area contributed by atoms with Crippen molar-refractivity contribution in [2.45, 2.75) is 19.2 Å². The number of fused-ring (bicyclic) bond motifs is 9. The van der Waals surface area contributed by atoms with Crippen LogP contribution in [-0.4, -0.2) is 0 Å². The molecule has 1 aliphatic carbocycles. The van der Waals surface area contributed by atoms with E-state index in [2.05, 4.69) is 0 Å². The van der Waals surface area contributed by atoms with E-state index in [9.17, 15) is 13.7 Å². The third kappa shape index (κ3) is 3.40. The molecule has 0 radical (unpaired) electrons. The molecule has 1 unspecified atom stereocenters. The zero-order valence-electron chi connectivity index (χ0n) is 49.5. The fourth-order valence-electron chi connectivity index (χ4n) is 6.35. The topological polar surface area (TPSA) is 13.1 Å². The predicted octanol–water partition coefficient (Wildman–Crippen LogP) is 12.7. The van der Waals surface area contributed by atoms with E-state index in [-0.39, 0.29) is 11.1 Å². The third-order valence-corrected chi connectivity index (χ3v) is 8.36. The molecule has 0 aliphatic heterocycles. The van der Waals surface area contributed by atoms with E-state index in [1.165, 1.54) is 6.92 Å². The van der Waals surface area contributed by atoms with E-state index in [4.69, 9.17) is 26.3 Å². The van der Waals surface area contributed by atoms with Crippen molar-refractivity contribution in [1.82, 2.24) is 0 Å². The predicted molar refractivity (Wildman–Crippen MR) is 195 cm³/mol. The van der Waals surface area contributed by atoms with Crippen LogP contribution in [0.2, 0.25) is 0 Å². The Labute approximate surface area is 303 Å².